The van der Waals surface area contributed by atoms with Crippen molar-refractivity contribution >= 4 is 33.2 Å². The molecule has 4 rings (SSSR count). The molecule has 0 atom stereocenters. The first-order valence-corrected chi connectivity index (χ1v) is 7.91. The molecule has 1 aliphatic carbocycles. The summed E-state index contributed by atoms with van der Waals surface area (Å²) in [5.41, 5.74) is 2.47. The Balaban J connectivity index is 2.00. The van der Waals surface area contributed by atoms with Crippen LogP contribution in [-0.4, -0.2) is 19.5 Å². The van der Waals surface area contributed by atoms with Crippen molar-refractivity contribution in [3.8, 4) is 5.82 Å². The van der Waals surface area contributed by atoms with Gasteiger partial charge in [-0.2, -0.15) is 4.98 Å². The highest BCUT2D eigenvalue weighted by Crippen LogP contribution is 2.31. The van der Waals surface area contributed by atoms with Gasteiger partial charge in [-0.1, -0.05) is 0 Å². The van der Waals surface area contributed by atoms with E-state index in [1.54, 1.807) is 11.3 Å². The summed E-state index contributed by atoms with van der Waals surface area (Å²) in [5, 5.41) is 1.36. The Labute approximate surface area is 125 Å². The van der Waals surface area contributed by atoms with Crippen LogP contribution in [-0.2, 0) is 12.8 Å². The first-order chi connectivity index (χ1) is 9.72. The quantitative estimate of drug-likeness (QED) is 0.644. The monoisotopic (exact) mass is 304 g/mol. The van der Waals surface area contributed by atoms with Crippen molar-refractivity contribution in [1.29, 1.82) is 0 Å². The minimum atomic E-state index is 0.299. The van der Waals surface area contributed by atoms with Gasteiger partial charge < -0.3 is 0 Å². The normalized spacial score (nSPS) is 14.7. The van der Waals surface area contributed by atoms with Crippen molar-refractivity contribution in [3.63, 3.8) is 0 Å². The van der Waals surface area contributed by atoms with Crippen molar-refractivity contribution < 1.29 is 0 Å². The Morgan fingerprint density at radius 1 is 1.25 bits per heavy atom. The number of fused-ring (bicyclic) bond motifs is 2. The van der Waals surface area contributed by atoms with Crippen LogP contribution >= 0.6 is 22.9 Å². The number of nitrogens with zero attached hydrogens (tertiary/aromatic N) is 4. The minimum absolute atomic E-state index is 0.299. The Morgan fingerprint density at radius 3 is 3.00 bits per heavy atom. The summed E-state index contributed by atoms with van der Waals surface area (Å²) in [6.45, 7) is 2.08. The second-order valence-electron chi connectivity index (χ2n) is 5.11. The molecular weight excluding hydrogens is 292 g/mol. The Kier molecular flexibility index (Phi) is 2.79. The molecule has 3 heterocycles. The highest BCUT2D eigenvalue weighted by Gasteiger charge is 2.19. The van der Waals surface area contributed by atoms with E-state index in [1.165, 1.54) is 29.1 Å². The average Bonchev–Trinajstić information content (AvgIpc) is 3.00. The molecule has 0 N–H and O–H groups in total. The lowest BCUT2D eigenvalue weighted by atomic mass is 10.0. The van der Waals surface area contributed by atoms with Gasteiger partial charge in [-0.05, 0) is 50.3 Å². The number of aromatic nitrogens is 4. The molecule has 3 aromatic heterocycles. The molecule has 102 valence electrons. The zero-order chi connectivity index (χ0) is 13.7. The average molecular weight is 305 g/mol. The summed E-state index contributed by atoms with van der Waals surface area (Å²) >= 11 is 7.73. The first-order valence-electron chi connectivity index (χ1n) is 6.71. The van der Waals surface area contributed by atoms with Crippen LogP contribution in [0.2, 0.25) is 5.28 Å². The van der Waals surface area contributed by atoms with Crippen molar-refractivity contribution in [3.05, 3.63) is 33.9 Å². The summed E-state index contributed by atoms with van der Waals surface area (Å²) in [7, 11) is 0. The molecule has 0 amide bonds. The van der Waals surface area contributed by atoms with Crippen LogP contribution in [0.5, 0.6) is 0 Å². The van der Waals surface area contributed by atoms with E-state index in [2.05, 4.69) is 32.5 Å². The van der Waals surface area contributed by atoms with Gasteiger partial charge in [0.15, 0.2) is 5.82 Å². The van der Waals surface area contributed by atoms with Crippen molar-refractivity contribution in [1.82, 2.24) is 19.5 Å². The third-order valence-electron chi connectivity index (χ3n) is 3.73. The molecule has 1 aliphatic rings. The molecule has 0 aromatic carbocycles. The molecule has 0 saturated heterocycles. The topological polar surface area (TPSA) is 43.6 Å². The van der Waals surface area contributed by atoms with Crippen LogP contribution in [0.4, 0.5) is 0 Å². The van der Waals surface area contributed by atoms with Crippen molar-refractivity contribution in [2.45, 2.75) is 32.6 Å². The third kappa shape index (κ3) is 1.84. The van der Waals surface area contributed by atoms with E-state index in [0.29, 0.717) is 5.28 Å². The number of hydrogen-bond acceptors (Lipinski definition) is 4. The van der Waals surface area contributed by atoms with Gasteiger partial charge in [0.2, 0.25) is 5.28 Å². The van der Waals surface area contributed by atoms with E-state index >= 15 is 0 Å². The van der Waals surface area contributed by atoms with E-state index in [0.717, 1.165) is 28.9 Å². The van der Waals surface area contributed by atoms with Gasteiger partial charge in [0.05, 0.1) is 11.1 Å². The predicted molar refractivity (Wildman–Crippen MR) is 80.9 cm³/mol. The second kappa shape index (κ2) is 4.53. The number of halogens is 1. The van der Waals surface area contributed by atoms with Crippen LogP contribution in [0, 0.1) is 6.92 Å². The molecule has 6 heteroatoms. The maximum Gasteiger partial charge on any atom is 0.225 e. The van der Waals surface area contributed by atoms with E-state index in [-0.39, 0.29) is 0 Å². The Morgan fingerprint density at radius 2 is 2.10 bits per heavy atom. The van der Waals surface area contributed by atoms with Crippen LogP contribution in [0.15, 0.2) is 12.4 Å². The van der Waals surface area contributed by atoms with Gasteiger partial charge in [0.1, 0.15) is 11.2 Å². The zero-order valence-corrected chi connectivity index (χ0v) is 12.6. The van der Waals surface area contributed by atoms with Crippen LogP contribution in [0.1, 0.15) is 29.1 Å². The lowest BCUT2D eigenvalue weighted by Gasteiger charge is -2.14. The number of hydrogen-bond donors (Lipinski definition) is 0. The standard InChI is InChI=1S/C14H13ClN4S/c1-8-6-9-12(17-14(15)18-13(9)20-8)19-7-16-10-4-2-3-5-11(10)19/h6-7H,2-5H2,1H3. The van der Waals surface area contributed by atoms with Gasteiger partial charge in [-0.15, -0.1) is 11.3 Å². The van der Waals surface area contributed by atoms with Gasteiger partial charge in [0.25, 0.3) is 0 Å². The number of rotatable bonds is 1. The second-order valence-corrected chi connectivity index (χ2v) is 6.68. The SMILES string of the molecule is Cc1cc2c(-n3cnc4c3CCCC4)nc(Cl)nc2s1. The van der Waals surface area contributed by atoms with Gasteiger partial charge in [-0.25, -0.2) is 9.97 Å². The van der Waals surface area contributed by atoms with Gasteiger partial charge in [-0.3, -0.25) is 4.57 Å². The lowest BCUT2D eigenvalue weighted by molar-refractivity contribution is 0.654. The molecule has 4 nitrogen and oxygen atoms in total. The molecule has 0 unspecified atom stereocenters. The summed E-state index contributed by atoms with van der Waals surface area (Å²) < 4.78 is 2.09. The highest BCUT2D eigenvalue weighted by molar-refractivity contribution is 7.18. The maximum absolute atomic E-state index is 6.08. The number of thiophene rings is 1. The molecule has 0 fully saturated rings. The van der Waals surface area contributed by atoms with E-state index in [4.69, 9.17) is 11.6 Å². The predicted octanol–water partition coefficient (Wildman–Crippen LogP) is 3.72. The fraction of sp³-hybridized carbons (Fsp3) is 0.357. The summed E-state index contributed by atoms with van der Waals surface area (Å²) in [6.07, 6.45) is 6.43. The van der Waals surface area contributed by atoms with Crippen LogP contribution in [0.3, 0.4) is 0 Å². The van der Waals surface area contributed by atoms with Crippen LogP contribution in [0.25, 0.3) is 16.0 Å². The number of aryl methyl sites for hydroxylation is 2. The van der Waals surface area contributed by atoms with Crippen molar-refractivity contribution in [2.24, 2.45) is 0 Å². The highest BCUT2D eigenvalue weighted by atomic mass is 35.5. The molecule has 0 aliphatic heterocycles. The molecule has 3 aromatic rings. The van der Waals surface area contributed by atoms with Crippen LogP contribution < -0.4 is 0 Å². The number of imidazole rings is 1. The fourth-order valence-electron chi connectivity index (χ4n) is 2.84. The largest absolute Gasteiger partial charge is 0.286 e. The van der Waals surface area contributed by atoms with Crippen molar-refractivity contribution in [2.75, 3.05) is 0 Å². The Bertz CT molecular complexity index is 805. The maximum atomic E-state index is 6.08. The molecule has 20 heavy (non-hydrogen) atoms. The third-order valence-corrected chi connectivity index (χ3v) is 4.84. The van der Waals surface area contributed by atoms with Gasteiger partial charge >= 0.3 is 0 Å². The summed E-state index contributed by atoms with van der Waals surface area (Å²) in [5.74, 6) is 0.861. The van der Waals surface area contributed by atoms with Gasteiger partial charge in [0, 0.05) is 10.6 Å². The molecule has 0 spiro atoms. The minimum Gasteiger partial charge on any atom is -0.286 e. The summed E-state index contributed by atoms with van der Waals surface area (Å²) in [4.78, 5) is 15.5. The first kappa shape index (κ1) is 12.3. The Hall–Kier alpha value is -1.46. The molecular formula is C14H13ClN4S. The van der Waals surface area contributed by atoms with E-state index in [1.807, 2.05) is 6.33 Å². The van der Waals surface area contributed by atoms with E-state index < -0.39 is 0 Å². The molecule has 0 bridgehead atoms. The zero-order valence-electron chi connectivity index (χ0n) is 11.1. The molecule has 0 saturated carbocycles. The lowest BCUT2D eigenvalue weighted by Crippen LogP contribution is -2.08. The fourth-order valence-corrected chi connectivity index (χ4v) is 3.93. The smallest absolute Gasteiger partial charge is 0.225 e. The molecule has 0 radical (unpaired) electrons. The summed E-state index contributed by atoms with van der Waals surface area (Å²) in [6, 6.07) is 2.13. The van der Waals surface area contributed by atoms with E-state index in [9.17, 15) is 0 Å².